The van der Waals surface area contributed by atoms with Gasteiger partial charge in [0, 0.05) is 26.3 Å². The molecule has 1 aromatic rings. The molecule has 0 amide bonds. The molecule has 1 unspecified atom stereocenters. The first-order valence-electron chi connectivity index (χ1n) is 6.21. The first kappa shape index (κ1) is 17.3. The van der Waals surface area contributed by atoms with Crippen LogP contribution in [0.5, 0.6) is 0 Å². The van der Waals surface area contributed by atoms with E-state index in [4.69, 9.17) is 4.74 Å². The second-order valence-electron chi connectivity index (χ2n) is 4.62. The van der Waals surface area contributed by atoms with Gasteiger partial charge in [0.05, 0.1) is 16.4 Å². The van der Waals surface area contributed by atoms with Crippen LogP contribution in [0.4, 0.5) is 11.4 Å². The maximum absolute atomic E-state index is 12.3. The van der Waals surface area contributed by atoms with Gasteiger partial charge in [-0.15, -0.1) is 0 Å². The number of nitrogens with zero attached hydrogens (tertiary/aromatic N) is 1. The molecule has 0 aliphatic rings. The van der Waals surface area contributed by atoms with Gasteiger partial charge in [-0.25, -0.2) is 13.1 Å². The second kappa shape index (κ2) is 6.83. The minimum atomic E-state index is -3.86. The number of hydrogen-bond donors (Lipinski definition) is 2. The van der Waals surface area contributed by atoms with Crippen LogP contribution in [0.25, 0.3) is 0 Å². The highest BCUT2D eigenvalue weighted by Gasteiger charge is 2.25. The van der Waals surface area contributed by atoms with Crippen LogP contribution in [-0.4, -0.2) is 40.1 Å². The largest absolute Gasteiger partial charge is 0.383 e. The standard InChI is InChI=1S/C12H19N3O5S/c1-8-5-10(13-3)11(15(16)17)6-12(8)21(18,19)14-9(2)7-20-4/h5-6,9,13-14H,7H2,1-4H3. The lowest BCUT2D eigenvalue weighted by Gasteiger charge is -2.15. The van der Waals surface area contributed by atoms with Crippen LogP contribution in [0.1, 0.15) is 12.5 Å². The summed E-state index contributed by atoms with van der Waals surface area (Å²) in [6, 6.07) is 2.05. The second-order valence-corrected chi connectivity index (χ2v) is 6.30. The van der Waals surface area contributed by atoms with Gasteiger partial charge in [0.15, 0.2) is 0 Å². The Morgan fingerprint density at radius 2 is 2.05 bits per heavy atom. The average molecular weight is 317 g/mol. The first-order chi connectivity index (χ1) is 9.72. The van der Waals surface area contributed by atoms with Crippen LogP contribution < -0.4 is 10.0 Å². The zero-order valence-electron chi connectivity index (χ0n) is 12.3. The van der Waals surface area contributed by atoms with Crippen LogP contribution in [0.15, 0.2) is 17.0 Å². The quantitative estimate of drug-likeness (QED) is 0.578. The van der Waals surface area contributed by atoms with Crippen LogP contribution in [-0.2, 0) is 14.8 Å². The van der Waals surface area contributed by atoms with Crippen molar-refractivity contribution in [3.8, 4) is 0 Å². The lowest BCUT2D eigenvalue weighted by Crippen LogP contribution is -2.36. The summed E-state index contributed by atoms with van der Waals surface area (Å²) in [5.74, 6) is 0. The zero-order chi connectivity index (χ0) is 16.2. The Labute approximate surface area is 123 Å². The van der Waals surface area contributed by atoms with Crippen molar-refractivity contribution in [3.63, 3.8) is 0 Å². The smallest absolute Gasteiger partial charge is 0.293 e. The number of methoxy groups -OCH3 is 1. The van der Waals surface area contributed by atoms with Gasteiger partial charge >= 0.3 is 0 Å². The minimum Gasteiger partial charge on any atom is -0.383 e. The molecular formula is C12H19N3O5S. The zero-order valence-corrected chi connectivity index (χ0v) is 13.2. The van der Waals surface area contributed by atoms with Gasteiger partial charge in [-0.1, -0.05) is 0 Å². The van der Waals surface area contributed by atoms with Gasteiger partial charge in [-0.2, -0.15) is 0 Å². The van der Waals surface area contributed by atoms with E-state index in [1.54, 1.807) is 13.8 Å². The Kier molecular flexibility index (Phi) is 5.64. The molecule has 0 aliphatic heterocycles. The van der Waals surface area contributed by atoms with Crippen LogP contribution in [0.2, 0.25) is 0 Å². The van der Waals surface area contributed by atoms with E-state index in [0.717, 1.165) is 6.07 Å². The third kappa shape index (κ3) is 4.13. The summed E-state index contributed by atoms with van der Waals surface area (Å²) in [6.07, 6.45) is 0. The molecular weight excluding hydrogens is 298 g/mol. The highest BCUT2D eigenvalue weighted by molar-refractivity contribution is 7.89. The Hall–Kier alpha value is -1.71. The Balaban J connectivity index is 3.29. The minimum absolute atomic E-state index is 0.115. The number of hydrogen-bond acceptors (Lipinski definition) is 6. The van der Waals surface area contributed by atoms with Gasteiger partial charge < -0.3 is 10.1 Å². The predicted molar refractivity (Wildman–Crippen MR) is 79.0 cm³/mol. The molecule has 9 heteroatoms. The third-order valence-electron chi connectivity index (χ3n) is 2.82. The Bertz CT molecular complexity index is 630. The number of nitro benzene ring substituents is 1. The molecule has 0 heterocycles. The molecule has 1 rings (SSSR count). The normalized spacial score (nSPS) is 13.0. The van der Waals surface area contributed by atoms with Crippen LogP contribution in [0.3, 0.4) is 0 Å². The van der Waals surface area contributed by atoms with Crippen molar-refractivity contribution in [2.45, 2.75) is 24.8 Å². The van der Waals surface area contributed by atoms with Crippen molar-refractivity contribution >= 4 is 21.4 Å². The molecule has 0 bridgehead atoms. The van der Waals surface area contributed by atoms with Crippen molar-refractivity contribution in [2.24, 2.45) is 0 Å². The Morgan fingerprint density at radius 3 is 2.52 bits per heavy atom. The Morgan fingerprint density at radius 1 is 1.43 bits per heavy atom. The van der Waals surface area contributed by atoms with Gasteiger partial charge in [0.1, 0.15) is 5.69 Å². The number of anilines is 1. The predicted octanol–water partition coefficient (Wildman–Crippen LogP) is 1.26. The van der Waals surface area contributed by atoms with E-state index in [1.165, 1.54) is 20.2 Å². The van der Waals surface area contributed by atoms with Gasteiger partial charge in [-0.05, 0) is 25.5 Å². The lowest BCUT2D eigenvalue weighted by atomic mass is 10.2. The van der Waals surface area contributed by atoms with Crippen molar-refractivity contribution < 1.29 is 18.1 Å². The summed E-state index contributed by atoms with van der Waals surface area (Å²) >= 11 is 0. The number of sulfonamides is 1. The molecule has 2 N–H and O–H groups in total. The van der Waals surface area contributed by atoms with E-state index in [2.05, 4.69) is 10.0 Å². The summed E-state index contributed by atoms with van der Waals surface area (Å²) in [5.41, 5.74) is 0.395. The van der Waals surface area contributed by atoms with E-state index >= 15 is 0 Å². The van der Waals surface area contributed by atoms with E-state index in [9.17, 15) is 18.5 Å². The maximum Gasteiger partial charge on any atom is 0.293 e. The number of rotatable bonds is 7. The summed E-state index contributed by atoms with van der Waals surface area (Å²) in [4.78, 5) is 10.3. The van der Waals surface area contributed by atoms with E-state index in [-0.39, 0.29) is 22.9 Å². The van der Waals surface area contributed by atoms with Crippen molar-refractivity contribution in [2.75, 3.05) is 26.1 Å². The summed E-state index contributed by atoms with van der Waals surface area (Å²) < 4.78 is 31.9. The van der Waals surface area contributed by atoms with Crippen LogP contribution in [0, 0.1) is 17.0 Å². The SMILES string of the molecule is CNc1cc(C)c(S(=O)(=O)NC(C)COC)cc1[N+](=O)[O-]. The number of ether oxygens (including phenoxy) is 1. The molecule has 0 spiro atoms. The molecule has 1 atom stereocenters. The molecule has 0 saturated carbocycles. The number of nitro groups is 1. The van der Waals surface area contributed by atoms with Crippen molar-refractivity contribution in [1.29, 1.82) is 0 Å². The molecule has 21 heavy (non-hydrogen) atoms. The van der Waals surface area contributed by atoms with E-state index in [0.29, 0.717) is 5.56 Å². The molecule has 0 aliphatic carbocycles. The molecule has 0 radical (unpaired) electrons. The highest BCUT2D eigenvalue weighted by Crippen LogP contribution is 2.30. The molecule has 1 aromatic carbocycles. The fraction of sp³-hybridized carbons (Fsp3) is 0.500. The highest BCUT2D eigenvalue weighted by atomic mass is 32.2. The fourth-order valence-corrected chi connectivity index (χ4v) is 3.40. The first-order valence-corrected chi connectivity index (χ1v) is 7.69. The maximum atomic E-state index is 12.3. The summed E-state index contributed by atoms with van der Waals surface area (Å²) in [7, 11) is -0.858. The molecule has 0 fully saturated rings. The van der Waals surface area contributed by atoms with Gasteiger partial charge in [-0.3, -0.25) is 10.1 Å². The van der Waals surface area contributed by atoms with E-state index < -0.39 is 21.0 Å². The topological polar surface area (TPSA) is 111 Å². The number of nitrogens with one attached hydrogen (secondary N) is 2. The fourth-order valence-electron chi connectivity index (χ4n) is 1.93. The van der Waals surface area contributed by atoms with Gasteiger partial charge in [0.25, 0.3) is 5.69 Å². The summed E-state index contributed by atoms with van der Waals surface area (Å²) in [5, 5.41) is 13.7. The third-order valence-corrected chi connectivity index (χ3v) is 4.55. The molecule has 0 saturated heterocycles. The molecule has 8 nitrogen and oxygen atoms in total. The number of benzene rings is 1. The lowest BCUT2D eigenvalue weighted by molar-refractivity contribution is -0.384. The van der Waals surface area contributed by atoms with Crippen molar-refractivity contribution in [3.05, 3.63) is 27.8 Å². The average Bonchev–Trinajstić information content (AvgIpc) is 2.37. The molecule has 0 aromatic heterocycles. The molecule has 118 valence electrons. The van der Waals surface area contributed by atoms with Crippen LogP contribution >= 0.6 is 0 Å². The van der Waals surface area contributed by atoms with Crippen molar-refractivity contribution in [1.82, 2.24) is 4.72 Å². The van der Waals surface area contributed by atoms with Gasteiger partial charge in [0.2, 0.25) is 10.0 Å². The van der Waals surface area contributed by atoms with E-state index in [1.807, 2.05) is 0 Å². The number of aryl methyl sites for hydroxylation is 1. The monoisotopic (exact) mass is 317 g/mol. The summed E-state index contributed by atoms with van der Waals surface area (Å²) in [6.45, 7) is 3.43.